The summed E-state index contributed by atoms with van der Waals surface area (Å²) in [5, 5.41) is 11.0. The Morgan fingerprint density at radius 2 is 2.14 bits per heavy atom. The lowest BCUT2D eigenvalue weighted by atomic mass is 10.1. The number of nitro groups is 1. The van der Waals surface area contributed by atoms with Gasteiger partial charge in [-0.05, 0) is 31.4 Å². The highest BCUT2D eigenvalue weighted by Gasteiger charge is 2.30. The molecule has 2 aromatic rings. The van der Waals surface area contributed by atoms with Crippen molar-refractivity contribution in [2.75, 3.05) is 0 Å². The predicted molar refractivity (Wildman–Crippen MR) is 78.4 cm³/mol. The Bertz CT molecular complexity index is 714. The summed E-state index contributed by atoms with van der Waals surface area (Å²) in [4.78, 5) is 22.6. The van der Waals surface area contributed by atoms with E-state index in [9.17, 15) is 14.9 Å². The maximum absolute atomic E-state index is 12.0. The van der Waals surface area contributed by atoms with Crippen molar-refractivity contribution in [3.8, 4) is 0 Å². The van der Waals surface area contributed by atoms with Crippen LogP contribution in [0.1, 0.15) is 34.3 Å². The van der Waals surface area contributed by atoms with E-state index in [2.05, 4.69) is 0 Å². The van der Waals surface area contributed by atoms with Gasteiger partial charge in [0.15, 0.2) is 5.78 Å². The first kappa shape index (κ1) is 13.5. The zero-order valence-corrected chi connectivity index (χ0v) is 11.8. The first-order valence-electron chi connectivity index (χ1n) is 6.99. The number of carbonyl (C=O) groups excluding carboxylic acids is 1. The van der Waals surface area contributed by atoms with Crippen LogP contribution in [-0.4, -0.2) is 15.3 Å². The Hall–Kier alpha value is -2.43. The van der Waals surface area contributed by atoms with Gasteiger partial charge in [0.05, 0.1) is 4.92 Å². The summed E-state index contributed by atoms with van der Waals surface area (Å²) < 4.78 is 1.90. The van der Waals surface area contributed by atoms with E-state index in [1.165, 1.54) is 6.07 Å². The lowest BCUT2D eigenvalue weighted by Gasteiger charge is -2.07. The van der Waals surface area contributed by atoms with E-state index in [1.807, 2.05) is 29.1 Å². The molecule has 1 saturated carbocycles. The second-order valence-corrected chi connectivity index (χ2v) is 5.53. The molecular formula is C16H16N2O3. The van der Waals surface area contributed by atoms with Crippen molar-refractivity contribution in [1.82, 2.24) is 4.57 Å². The molecule has 5 heteroatoms. The molecule has 1 aromatic heterocycles. The molecule has 0 saturated heterocycles. The molecule has 1 aromatic carbocycles. The van der Waals surface area contributed by atoms with E-state index in [-0.39, 0.29) is 22.3 Å². The minimum atomic E-state index is -0.365. The molecule has 1 heterocycles. The van der Waals surface area contributed by atoms with Gasteiger partial charge in [-0.1, -0.05) is 12.1 Å². The Kier molecular flexibility index (Phi) is 3.33. The van der Waals surface area contributed by atoms with Crippen molar-refractivity contribution in [3.63, 3.8) is 0 Å². The molecule has 5 nitrogen and oxygen atoms in total. The fraction of sp³-hybridized carbons (Fsp3) is 0.312. The van der Waals surface area contributed by atoms with Crippen molar-refractivity contribution in [3.05, 3.63) is 63.5 Å². The molecule has 0 N–H and O–H groups in total. The number of nitro benzene ring substituents is 1. The molecule has 0 amide bonds. The second kappa shape index (κ2) is 5.16. The highest BCUT2D eigenvalue weighted by Crippen LogP contribution is 2.32. The Morgan fingerprint density at radius 1 is 1.38 bits per heavy atom. The summed E-state index contributed by atoms with van der Waals surface area (Å²) in [5.41, 5.74) is 2.44. The van der Waals surface area contributed by atoms with Crippen molar-refractivity contribution < 1.29 is 9.72 Å². The molecule has 3 rings (SSSR count). The number of ketones is 1. The van der Waals surface area contributed by atoms with Gasteiger partial charge >= 0.3 is 0 Å². The minimum absolute atomic E-state index is 0.133. The summed E-state index contributed by atoms with van der Waals surface area (Å²) >= 11 is 0. The average molecular weight is 284 g/mol. The van der Waals surface area contributed by atoms with Gasteiger partial charge in [-0.25, -0.2) is 0 Å². The van der Waals surface area contributed by atoms with Crippen molar-refractivity contribution in [2.24, 2.45) is 5.92 Å². The van der Waals surface area contributed by atoms with Crippen LogP contribution in [0, 0.1) is 23.0 Å². The number of aromatic nitrogens is 1. The van der Waals surface area contributed by atoms with Crippen LogP contribution in [-0.2, 0) is 6.54 Å². The Labute approximate surface area is 122 Å². The number of carbonyl (C=O) groups is 1. The standard InChI is InChI=1S/C16H16N2O3/c1-11-13(3-2-4-15(11)18(20)21)9-17-8-7-14(10-17)16(19)12-5-6-12/h2-4,7-8,10,12H,5-6,9H2,1H3. The third-order valence-corrected chi connectivity index (χ3v) is 3.95. The first-order valence-corrected chi connectivity index (χ1v) is 6.99. The molecule has 1 fully saturated rings. The van der Waals surface area contributed by atoms with Crippen LogP contribution >= 0.6 is 0 Å². The van der Waals surface area contributed by atoms with Crippen molar-refractivity contribution >= 4 is 11.5 Å². The van der Waals surface area contributed by atoms with Gasteiger partial charge in [-0.2, -0.15) is 0 Å². The van der Waals surface area contributed by atoms with Crippen LogP contribution < -0.4 is 0 Å². The van der Waals surface area contributed by atoms with Gasteiger partial charge in [0.2, 0.25) is 0 Å². The van der Waals surface area contributed by atoms with E-state index in [1.54, 1.807) is 13.0 Å². The van der Waals surface area contributed by atoms with Gasteiger partial charge in [-0.15, -0.1) is 0 Å². The molecule has 108 valence electrons. The Balaban J connectivity index is 1.82. The topological polar surface area (TPSA) is 65.1 Å². The largest absolute Gasteiger partial charge is 0.349 e. The van der Waals surface area contributed by atoms with Crippen LogP contribution in [0.5, 0.6) is 0 Å². The molecule has 1 aliphatic carbocycles. The summed E-state index contributed by atoms with van der Waals surface area (Å²) in [6.45, 7) is 2.29. The number of rotatable bonds is 5. The second-order valence-electron chi connectivity index (χ2n) is 5.53. The lowest BCUT2D eigenvalue weighted by molar-refractivity contribution is -0.385. The lowest BCUT2D eigenvalue weighted by Crippen LogP contribution is -2.03. The van der Waals surface area contributed by atoms with Crippen LogP contribution in [0.4, 0.5) is 5.69 Å². The zero-order chi connectivity index (χ0) is 15.0. The molecule has 0 atom stereocenters. The van der Waals surface area contributed by atoms with E-state index in [0.29, 0.717) is 12.1 Å². The van der Waals surface area contributed by atoms with E-state index in [4.69, 9.17) is 0 Å². The maximum Gasteiger partial charge on any atom is 0.272 e. The van der Waals surface area contributed by atoms with E-state index < -0.39 is 0 Å². The van der Waals surface area contributed by atoms with E-state index >= 15 is 0 Å². The number of Topliss-reactive ketones (excluding diaryl/α,β-unsaturated/α-hetero) is 1. The van der Waals surface area contributed by atoms with Crippen LogP contribution in [0.3, 0.4) is 0 Å². The maximum atomic E-state index is 12.0. The first-order chi connectivity index (χ1) is 10.1. The summed E-state index contributed by atoms with van der Waals surface area (Å²) in [7, 11) is 0. The zero-order valence-electron chi connectivity index (χ0n) is 11.8. The third kappa shape index (κ3) is 2.72. The highest BCUT2D eigenvalue weighted by molar-refractivity contribution is 5.99. The molecule has 1 aliphatic rings. The summed E-state index contributed by atoms with van der Waals surface area (Å²) in [6, 6.07) is 6.91. The van der Waals surface area contributed by atoms with Gasteiger partial charge in [0, 0.05) is 42.0 Å². The van der Waals surface area contributed by atoms with Crippen LogP contribution in [0.2, 0.25) is 0 Å². The molecular weight excluding hydrogens is 268 g/mol. The monoisotopic (exact) mass is 284 g/mol. The molecule has 21 heavy (non-hydrogen) atoms. The van der Waals surface area contributed by atoms with Gasteiger partial charge in [-0.3, -0.25) is 14.9 Å². The normalized spacial score (nSPS) is 14.1. The number of benzene rings is 1. The molecule has 0 bridgehead atoms. The van der Waals surface area contributed by atoms with Crippen molar-refractivity contribution in [1.29, 1.82) is 0 Å². The van der Waals surface area contributed by atoms with Gasteiger partial charge in [0.1, 0.15) is 0 Å². The SMILES string of the molecule is Cc1c(Cn2ccc(C(=O)C3CC3)c2)cccc1[N+](=O)[O-]. The Morgan fingerprint density at radius 3 is 2.81 bits per heavy atom. The predicted octanol–water partition coefficient (Wildman–Crippen LogP) is 3.35. The molecule has 0 radical (unpaired) electrons. The van der Waals surface area contributed by atoms with Crippen LogP contribution in [0.15, 0.2) is 36.7 Å². The highest BCUT2D eigenvalue weighted by atomic mass is 16.6. The number of hydrogen-bond donors (Lipinski definition) is 0. The average Bonchev–Trinajstić information content (AvgIpc) is 3.20. The quantitative estimate of drug-likeness (QED) is 0.480. The van der Waals surface area contributed by atoms with Gasteiger partial charge in [0.25, 0.3) is 5.69 Å². The van der Waals surface area contributed by atoms with E-state index in [0.717, 1.165) is 24.0 Å². The van der Waals surface area contributed by atoms with Crippen LogP contribution in [0.25, 0.3) is 0 Å². The minimum Gasteiger partial charge on any atom is -0.349 e. The smallest absolute Gasteiger partial charge is 0.272 e. The van der Waals surface area contributed by atoms with Crippen molar-refractivity contribution in [2.45, 2.75) is 26.3 Å². The third-order valence-electron chi connectivity index (χ3n) is 3.95. The number of nitrogens with zero attached hydrogens (tertiary/aromatic N) is 2. The van der Waals surface area contributed by atoms with Gasteiger partial charge < -0.3 is 4.57 Å². The fourth-order valence-electron chi connectivity index (χ4n) is 2.50. The summed E-state index contributed by atoms with van der Waals surface area (Å²) in [6.07, 6.45) is 5.68. The molecule has 0 aliphatic heterocycles. The molecule has 0 unspecified atom stereocenters. The number of hydrogen-bond acceptors (Lipinski definition) is 3. The molecule has 0 spiro atoms. The fourth-order valence-corrected chi connectivity index (χ4v) is 2.50. The summed E-state index contributed by atoms with van der Waals surface area (Å²) in [5.74, 6) is 0.421.